The van der Waals surface area contributed by atoms with Crippen molar-refractivity contribution in [1.82, 2.24) is 15.1 Å². The first-order valence-corrected chi connectivity index (χ1v) is 16.6. The van der Waals surface area contributed by atoms with Gasteiger partial charge in [-0.05, 0) is 78.7 Å². The molecule has 248 valence electrons. The van der Waals surface area contributed by atoms with E-state index in [1.54, 1.807) is 6.07 Å². The van der Waals surface area contributed by atoms with Crippen LogP contribution >= 0.6 is 0 Å². The lowest BCUT2D eigenvalue weighted by Gasteiger charge is -2.60. The second-order valence-electron chi connectivity index (χ2n) is 16.1. The number of fused-ring (bicyclic) bond motifs is 4. The fourth-order valence-electron chi connectivity index (χ4n) is 9.91. The number of carbonyl (C=O) groups excluding carboxylic acids is 3. The number of esters is 1. The Morgan fingerprint density at radius 1 is 1.18 bits per heavy atom. The van der Waals surface area contributed by atoms with E-state index < -0.39 is 33.7 Å². The average Bonchev–Trinajstić information content (AvgIpc) is 3.42. The number of Topliss-reactive ketones (excluding diaryl/α,β-unsaturated/α-hetero) is 1. The number of carbonyl (C=O) groups is 3. The fourth-order valence-corrected chi connectivity index (χ4v) is 9.91. The summed E-state index contributed by atoms with van der Waals surface area (Å²) >= 11 is 0. The van der Waals surface area contributed by atoms with Gasteiger partial charge in [0.2, 0.25) is 5.91 Å². The van der Waals surface area contributed by atoms with Crippen LogP contribution in [0.5, 0.6) is 0 Å². The molecule has 0 radical (unpaired) electrons. The summed E-state index contributed by atoms with van der Waals surface area (Å²) in [7, 11) is 5.69. The fraction of sp³-hybridized carbons (Fsp3) is 0.743. The van der Waals surface area contributed by atoms with Crippen LogP contribution in [0.15, 0.2) is 18.2 Å². The Morgan fingerprint density at radius 2 is 1.84 bits per heavy atom. The third-order valence-electron chi connectivity index (χ3n) is 12.5. The van der Waals surface area contributed by atoms with Crippen LogP contribution in [0, 0.1) is 11.3 Å². The summed E-state index contributed by atoms with van der Waals surface area (Å²) in [6.45, 7) is 14.6. The van der Waals surface area contributed by atoms with Gasteiger partial charge in [-0.25, -0.2) is 0 Å². The highest BCUT2D eigenvalue weighted by atomic mass is 16.6. The van der Waals surface area contributed by atoms with Crippen molar-refractivity contribution in [1.29, 1.82) is 0 Å². The zero-order chi connectivity index (χ0) is 33.1. The van der Waals surface area contributed by atoms with E-state index in [-0.39, 0.29) is 47.8 Å². The maximum Gasteiger partial charge on any atom is 0.323 e. The number of nitrogens with zero attached hydrogens (tertiary/aromatic N) is 2. The van der Waals surface area contributed by atoms with Gasteiger partial charge in [0, 0.05) is 36.0 Å². The van der Waals surface area contributed by atoms with Crippen molar-refractivity contribution in [2.24, 2.45) is 11.3 Å². The Morgan fingerprint density at radius 3 is 2.42 bits per heavy atom. The number of piperidine rings is 2. The third kappa shape index (κ3) is 4.35. The van der Waals surface area contributed by atoms with E-state index in [2.05, 4.69) is 22.5 Å². The molecule has 10 nitrogen and oxygen atoms in total. The van der Waals surface area contributed by atoms with Crippen molar-refractivity contribution in [2.45, 2.75) is 127 Å². The monoisotopic (exact) mass is 624 g/mol. The number of hydrogen-bond acceptors (Lipinski definition) is 9. The lowest BCUT2D eigenvalue weighted by molar-refractivity contribution is -0.185. The van der Waals surface area contributed by atoms with Gasteiger partial charge in [-0.3, -0.25) is 24.2 Å². The SMILES string of the molecule is CN[C@@]12CN3[C@@H](C[C@H](OC(=O)[C@H](C(C)C)N(C)C)C[C@H]3C)C[C@@]1(O)C(C)(C)[C@@]1(C2)C(=O)Nc2c(C(=O)[C@H]3OC3(C)C)cccc21. The molecule has 3 N–H and O–H groups in total. The Balaban J connectivity index is 1.35. The number of likely N-dealkylation sites (N-methyl/N-ethyl adjacent to an activating group) is 2. The molecule has 0 unspecified atom stereocenters. The molecule has 45 heavy (non-hydrogen) atoms. The third-order valence-corrected chi connectivity index (χ3v) is 12.5. The van der Waals surface area contributed by atoms with Crippen LogP contribution in [0.25, 0.3) is 0 Å². The van der Waals surface area contributed by atoms with Gasteiger partial charge < -0.3 is 25.2 Å². The molecule has 1 spiro atoms. The largest absolute Gasteiger partial charge is 0.461 e. The number of benzene rings is 1. The number of aliphatic hydroxyl groups is 1. The van der Waals surface area contributed by atoms with Crippen LogP contribution in [-0.4, -0.2) is 107 Å². The minimum absolute atomic E-state index is 0.0320. The van der Waals surface area contributed by atoms with Gasteiger partial charge in [-0.15, -0.1) is 0 Å². The molecule has 4 heterocycles. The first-order valence-electron chi connectivity index (χ1n) is 16.6. The second-order valence-corrected chi connectivity index (χ2v) is 16.1. The number of nitrogens with one attached hydrogen (secondary N) is 2. The highest BCUT2D eigenvalue weighted by Crippen LogP contribution is 2.69. The molecular formula is C35H52N4O6. The number of rotatable bonds is 7. The highest BCUT2D eigenvalue weighted by molar-refractivity contribution is 6.15. The Hall–Kier alpha value is -2.37. The molecule has 1 amide bonds. The lowest BCUT2D eigenvalue weighted by atomic mass is 9.57. The zero-order valence-electron chi connectivity index (χ0n) is 28.6. The van der Waals surface area contributed by atoms with Crippen LogP contribution in [0.2, 0.25) is 0 Å². The summed E-state index contributed by atoms with van der Waals surface area (Å²) in [5, 5.41) is 19.7. The molecule has 3 saturated heterocycles. The normalized spacial score (nSPS) is 38.5. The van der Waals surface area contributed by atoms with Gasteiger partial charge in [0.1, 0.15) is 18.2 Å². The topological polar surface area (TPSA) is 124 Å². The van der Waals surface area contributed by atoms with Gasteiger partial charge in [0.05, 0.1) is 27.8 Å². The smallest absolute Gasteiger partial charge is 0.323 e. The average molecular weight is 625 g/mol. The molecule has 0 bridgehead atoms. The molecule has 1 aromatic rings. The van der Waals surface area contributed by atoms with Gasteiger partial charge in [0.25, 0.3) is 0 Å². The number of hydrogen-bond donors (Lipinski definition) is 3. The van der Waals surface area contributed by atoms with E-state index in [0.29, 0.717) is 43.5 Å². The van der Waals surface area contributed by atoms with E-state index >= 15 is 0 Å². The summed E-state index contributed by atoms with van der Waals surface area (Å²) in [4.78, 5) is 45.5. The predicted octanol–water partition coefficient (Wildman–Crippen LogP) is 3.11. The summed E-state index contributed by atoms with van der Waals surface area (Å²) in [5.41, 5.74) is -2.83. The number of ether oxygens (including phenoxy) is 2. The maximum atomic E-state index is 14.4. The Bertz CT molecular complexity index is 1420. The predicted molar refractivity (Wildman–Crippen MR) is 171 cm³/mol. The van der Waals surface area contributed by atoms with E-state index in [1.807, 2.05) is 79.7 Å². The van der Waals surface area contributed by atoms with Gasteiger partial charge >= 0.3 is 5.97 Å². The highest BCUT2D eigenvalue weighted by Gasteiger charge is 2.79. The number of anilines is 1. The minimum atomic E-state index is -1.29. The van der Waals surface area contributed by atoms with Crippen molar-refractivity contribution in [2.75, 3.05) is 33.0 Å². The molecule has 1 aliphatic carbocycles. The molecule has 6 rings (SSSR count). The van der Waals surface area contributed by atoms with Crippen molar-refractivity contribution < 1.29 is 29.0 Å². The second kappa shape index (κ2) is 10.3. The quantitative estimate of drug-likeness (QED) is 0.239. The molecule has 1 saturated carbocycles. The van der Waals surface area contributed by atoms with E-state index in [1.165, 1.54) is 0 Å². The molecule has 4 aliphatic heterocycles. The van der Waals surface area contributed by atoms with Crippen LogP contribution in [0.4, 0.5) is 5.69 Å². The van der Waals surface area contributed by atoms with E-state index in [9.17, 15) is 19.5 Å². The molecule has 8 atom stereocenters. The van der Waals surface area contributed by atoms with Crippen molar-refractivity contribution >= 4 is 23.3 Å². The van der Waals surface area contributed by atoms with Crippen LogP contribution < -0.4 is 10.6 Å². The summed E-state index contributed by atoms with van der Waals surface area (Å²) in [6, 6.07) is 5.31. The minimum Gasteiger partial charge on any atom is -0.461 e. The molecule has 4 fully saturated rings. The Kier molecular flexibility index (Phi) is 7.46. The van der Waals surface area contributed by atoms with Gasteiger partial charge in [-0.1, -0.05) is 39.8 Å². The number of ketones is 1. The van der Waals surface area contributed by atoms with Crippen LogP contribution in [-0.2, 0) is 24.5 Å². The Labute approximate surface area is 267 Å². The zero-order valence-corrected chi connectivity index (χ0v) is 28.6. The van der Waals surface area contributed by atoms with E-state index in [4.69, 9.17) is 9.47 Å². The summed E-state index contributed by atoms with van der Waals surface area (Å²) in [6.07, 6.45) is 1.34. The van der Waals surface area contributed by atoms with Crippen molar-refractivity contribution in [3.8, 4) is 0 Å². The molecular weight excluding hydrogens is 572 g/mol. The summed E-state index contributed by atoms with van der Waals surface area (Å²) < 4.78 is 11.8. The molecule has 5 aliphatic rings. The maximum absolute atomic E-state index is 14.4. The van der Waals surface area contributed by atoms with Crippen molar-refractivity contribution in [3.63, 3.8) is 0 Å². The summed E-state index contributed by atoms with van der Waals surface area (Å²) in [5.74, 6) is -0.404. The standard InChI is InChI=1S/C35H52N4O6/c1-19(2)26(38(9)10)29(41)44-22-14-20(3)39-18-33(36-8)17-34(32(6,7)35(33,43)16-21(39)15-22)24-13-11-12-23(25(24)37-30(34)42)27(40)28-31(4,5)45-28/h11-13,19-22,26,28,36,43H,14-18H2,1-10H3,(H,37,42)/t20-,21+,22-,26+,28-,33+,34-,35-/m1/s1. The van der Waals surface area contributed by atoms with Gasteiger partial charge in [0.15, 0.2) is 5.78 Å². The number of amides is 1. The van der Waals surface area contributed by atoms with E-state index in [0.717, 1.165) is 5.56 Å². The lowest BCUT2D eigenvalue weighted by Crippen LogP contribution is -2.75. The first-order chi connectivity index (χ1) is 20.9. The number of para-hydroxylation sites is 1. The van der Waals surface area contributed by atoms with Gasteiger partial charge in [-0.2, -0.15) is 0 Å². The van der Waals surface area contributed by atoms with Crippen LogP contribution in [0.3, 0.4) is 0 Å². The number of epoxide rings is 1. The first kappa shape index (κ1) is 32.6. The van der Waals surface area contributed by atoms with Crippen LogP contribution in [0.1, 0.15) is 90.1 Å². The molecule has 0 aromatic heterocycles. The molecule has 1 aromatic carbocycles. The molecule has 10 heteroatoms. The van der Waals surface area contributed by atoms with Crippen molar-refractivity contribution in [3.05, 3.63) is 29.3 Å².